The molecule has 0 spiro atoms. The van der Waals surface area contributed by atoms with Crippen LogP contribution in [-0.4, -0.2) is 5.91 Å². The molecule has 2 N–H and O–H groups in total. The van der Waals surface area contributed by atoms with Crippen LogP contribution in [0.4, 0.5) is 0 Å². The topological polar surface area (TPSA) is 54.3 Å². The van der Waals surface area contributed by atoms with Crippen LogP contribution in [-0.2, 0) is 11.2 Å². The lowest BCUT2D eigenvalue weighted by Crippen LogP contribution is -2.36. The molecule has 0 radical (unpaired) electrons. The average molecular weight is 248 g/mol. The van der Waals surface area contributed by atoms with Crippen LogP contribution in [0.3, 0.4) is 0 Å². The Balaban J connectivity index is 1.79. The van der Waals surface area contributed by atoms with Gasteiger partial charge in [-0.1, -0.05) is 12.6 Å². The van der Waals surface area contributed by atoms with Gasteiger partial charge in [0.2, 0.25) is 5.91 Å². The smallest absolute Gasteiger partial charge is 0.243 e. The number of furan rings is 1. The minimum atomic E-state index is -0.111. The number of thiophene rings is 1. The van der Waals surface area contributed by atoms with Crippen molar-refractivity contribution in [3.8, 4) is 0 Å². The van der Waals surface area contributed by atoms with Crippen molar-refractivity contribution >= 4 is 22.9 Å². The van der Waals surface area contributed by atoms with E-state index in [1.807, 2.05) is 17.5 Å². The summed E-state index contributed by atoms with van der Waals surface area (Å²) < 4.78 is 5.12. The molecule has 88 valence electrons. The summed E-state index contributed by atoms with van der Waals surface area (Å²) in [4.78, 5) is 12.6. The molecule has 17 heavy (non-hydrogen) atoms. The summed E-state index contributed by atoms with van der Waals surface area (Å²) in [5.74, 6) is 0.488. The Morgan fingerprint density at radius 3 is 2.88 bits per heavy atom. The number of carbonyl (C=O) groups excluding carboxylic acids is 1. The Morgan fingerprint density at radius 2 is 2.24 bits per heavy atom. The molecule has 0 aromatic carbocycles. The van der Waals surface area contributed by atoms with Gasteiger partial charge in [0.05, 0.1) is 18.4 Å². The number of hydrogen-bond donors (Lipinski definition) is 2. The maximum absolute atomic E-state index is 11.5. The summed E-state index contributed by atoms with van der Waals surface area (Å²) in [6, 6.07) is 7.37. The van der Waals surface area contributed by atoms with Gasteiger partial charge in [-0.25, -0.2) is 0 Å². The van der Waals surface area contributed by atoms with Crippen LogP contribution in [0.2, 0.25) is 0 Å². The van der Waals surface area contributed by atoms with Crippen LogP contribution in [0.5, 0.6) is 0 Å². The third-order valence-electron chi connectivity index (χ3n) is 2.09. The average Bonchev–Trinajstić information content (AvgIpc) is 2.97. The van der Waals surface area contributed by atoms with Gasteiger partial charge in [0.1, 0.15) is 0 Å². The van der Waals surface area contributed by atoms with Gasteiger partial charge in [0.15, 0.2) is 5.76 Å². The summed E-state index contributed by atoms with van der Waals surface area (Å²) in [7, 11) is 0. The molecule has 4 nitrogen and oxygen atoms in total. The molecule has 0 unspecified atom stereocenters. The molecule has 1 amide bonds. The van der Waals surface area contributed by atoms with E-state index in [1.165, 1.54) is 0 Å². The Labute approximate surface area is 103 Å². The number of hydrogen-bond acceptors (Lipinski definition) is 4. The Morgan fingerprint density at radius 1 is 1.35 bits per heavy atom. The van der Waals surface area contributed by atoms with Gasteiger partial charge in [0, 0.05) is 4.88 Å². The standard InChI is InChI=1S/C12H12N2O2S/c1-9(11-5-2-6-16-11)13-14-12(15)8-10-4-3-7-17-10/h2-7,13H,1,8H2,(H,14,15). The minimum Gasteiger partial charge on any atom is -0.463 e. The molecule has 2 rings (SSSR count). The van der Waals surface area contributed by atoms with Crippen molar-refractivity contribution in [1.82, 2.24) is 10.9 Å². The molecule has 0 saturated heterocycles. The van der Waals surface area contributed by atoms with Gasteiger partial charge in [0.25, 0.3) is 0 Å². The largest absolute Gasteiger partial charge is 0.463 e. The van der Waals surface area contributed by atoms with Gasteiger partial charge in [-0.15, -0.1) is 11.3 Å². The fourth-order valence-corrected chi connectivity index (χ4v) is 1.98. The highest BCUT2D eigenvalue weighted by molar-refractivity contribution is 7.10. The molecule has 0 aliphatic carbocycles. The normalized spacial score (nSPS) is 9.88. The van der Waals surface area contributed by atoms with Crippen molar-refractivity contribution < 1.29 is 9.21 Å². The van der Waals surface area contributed by atoms with Crippen molar-refractivity contribution in [3.63, 3.8) is 0 Å². The number of nitrogens with one attached hydrogen (secondary N) is 2. The molecule has 2 aromatic rings. The second-order valence-corrected chi connectivity index (χ2v) is 4.42. The van der Waals surface area contributed by atoms with Crippen LogP contribution in [0.1, 0.15) is 10.6 Å². The van der Waals surface area contributed by atoms with Crippen LogP contribution < -0.4 is 10.9 Å². The van der Waals surface area contributed by atoms with Gasteiger partial charge in [-0.05, 0) is 23.6 Å². The summed E-state index contributed by atoms with van der Waals surface area (Å²) in [5.41, 5.74) is 5.80. The first kappa shape index (κ1) is 11.5. The molecule has 0 aliphatic heterocycles. The maximum atomic E-state index is 11.5. The molecular formula is C12H12N2O2S. The monoisotopic (exact) mass is 248 g/mol. The van der Waals surface area contributed by atoms with Crippen LogP contribution in [0.15, 0.2) is 46.9 Å². The van der Waals surface area contributed by atoms with E-state index in [-0.39, 0.29) is 5.91 Å². The van der Waals surface area contributed by atoms with Crippen LogP contribution in [0.25, 0.3) is 5.70 Å². The first-order valence-corrected chi connectivity index (χ1v) is 5.93. The molecule has 2 aromatic heterocycles. The van der Waals surface area contributed by atoms with Gasteiger partial charge < -0.3 is 4.42 Å². The lowest BCUT2D eigenvalue weighted by Gasteiger charge is -2.08. The zero-order valence-electron chi connectivity index (χ0n) is 9.10. The first-order chi connectivity index (χ1) is 8.25. The molecule has 0 bridgehead atoms. The number of hydrazine groups is 1. The Hall–Kier alpha value is -2.01. The highest BCUT2D eigenvalue weighted by Crippen LogP contribution is 2.10. The van der Waals surface area contributed by atoms with E-state index >= 15 is 0 Å². The quantitative estimate of drug-likeness (QED) is 0.797. The molecule has 0 saturated carbocycles. The zero-order chi connectivity index (χ0) is 12.1. The van der Waals surface area contributed by atoms with Crippen molar-refractivity contribution in [3.05, 3.63) is 53.1 Å². The van der Waals surface area contributed by atoms with E-state index in [2.05, 4.69) is 17.4 Å². The lowest BCUT2D eigenvalue weighted by atomic mass is 10.3. The molecule has 0 aliphatic rings. The van der Waals surface area contributed by atoms with E-state index in [1.54, 1.807) is 29.7 Å². The van der Waals surface area contributed by atoms with Gasteiger partial charge >= 0.3 is 0 Å². The second-order valence-electron chi connectivity index (χ2n) is 3.39. The SMILES string of the molecule is C=C(NNC(=O)Cc1cccs1)c1ccco1. The van der Waals surface area contributed by atoms with Crippen LogP contribution in [0, 0.1) is 0 Å². The highest BCUT2D eigenvalue weighted by Gasteiger charge is 2.05. The number of carbonyl (C=O) groups is 1. The van der Waals surface area contributed by atoms with E-state index in [4.69, 9.17) is 4.42 Å². The van der Waals surface area contributed by atoms with Gasteiger partial charge in [-0.3, -0.25) is 15.6 Å². The summed E-state index contributed by atoms with van der Waals surface area (Å²) in [6.07, 6.45) is 1.91. The molecule has 5 heteroatoms. The van der Waals surface area contributed by atoms with E-state index in [0.717, 1.165) is 4.88 Å². The van der Waals surface area contributed by atoms with Crippen molar-refractivity contribution in [1.29, 1.82) is 0 Å². The van der Waals surface area contributed by atoms with Crippen molar-refractivity contribution in [2.24, 2.45) is 0 Å². The minimum absolute atomic E-state index is 0.111. The maximum Gasteiger partial charge on any atom is 0.243 e. The Bertz CT molecular complexity index is 489. The van der Waals surface area contributed by atoms with E-state index < -0.39 is 0 Å². The third kappa shape index (κ3) is 3.22. The fourth-order valence-electron chi connectivity index (χ4n) is 1.27. The van der Waals surface area contributed by atoms with E-state index in [0.29, 0.717) is 17.9 Å². The van der Waals surface area contributed by atoms with Crippen molar-refractivity contribution in [2.75, 3.05) is 0 Å². The molecular weight excluding hydrogens is 236 g/mol. The number of rotatable bonds is 5. The third-order valence-corrected chi connectivity index (χ3v) is 2.96. The van der Waals surface area contributed by atoms with Crippen LogP contribution >= 0.6 is 11.3 Å². The Kier molecular flexibility index (Phi) is 3.62. The summed E-state index contributed by atoms with van der Waals surface area (Å²) >= 11 is 1.55. The molecule has 2 heterocycles. The second kappa shape index (κ2) is 5.36. The fraction of sp³-hybridized carbons (Fsp3) is 0.0833. The molecule has 0 fully saturated rings. The number of amides is 1. The van der Waals surface area contributed by atoms with E-state index in [9.17, 15) is 4.79 Å². The lowest BCUT2D eigenvalue weighted by molar-refractivity contribution is -0.121. The first-order valence-electron chi connectivity index (χ1n) is 5.06. The summed E-state index contributed by atoms with van der Waals surface area (Å²) in [5, 5.41) is 1.94. The van der Waals surface area contributed by atoms with Crippen molar-refractivity contribution in [2.45, 2.75) is 6.42 Å². The predicted molar refractivity (Wildman–Crippen MR) is 67.0 cm³/mol. The highest BCUT2D eigenvalue weighted by atomic mass is 32.1. The zero-order valence-corrected chi connectivity index (χ0v) is 9.92. The molecule has 0 atom stereocenters. The van der Waals surface area contributed by atoms with Gasteiger partial charge in [-0.2, -0.15) is 0 Å². The summed E-state index contributed by atoms with van der Waals surface area (Å²) in [6.45, 7) is 3.75. The predicted octanol–water partition coefficient (Wildman–Crippen LogP) is 2.18.